The molecular formula is C21H24ClN3O4S. The molecule has 160 valence electrons. The molecule has 0 aliphatic carbocycles. The highest BCUT2D eigenvalue weighted by Gasteiger charge is 2.33. The zero-order chi connectivity index (χ0) is 21.9. The van der Waals surface area contributed by atoms with E-state index in [4.69, 9.17) is 20.9 Å². The van der Waals surface area contributed by atoms with E-state index in [1.54, 1.807) is 6.07 Å². The first-order chi connectivity index (χ1) is 14.3. The first-order valence-electron chi connectivity index (χ1n) is 9.51. The van der Waals surface area contributed by atoms with Gasteiger partial charge in [-0.3, -0.25) is 0 Å². The fraction of sp³-hybridized carbons (Fsp3) is 0.333. The summed E-state index contributed by atoms with van der Waals surface area (Å²) in [7, 11) is -2.52. The van der Waals surface area contributed by atoms with Gasteiger partial charge in [-0.1, -0.05) is 47.4 Å². The maximum absolute atomic E-state index is 13.5. The fourth-order valence-corrected chi connectivity index (χ4v) is 5.09. The van der Waals surface area contributed by atoms with Crippen LogP contribution in [0.25, 0.3) is 11.4 Å². The maximum atomic E-state index is 13.5. The molecule has 9 heteroatoms. The van der Waals surface area contributed by atoms with Crippen LogP contribution in [0.2, 0.25) is 5.02 Å². The topological polar surface area (TPSA) is 85.5 Å². The highest BCUT2D eigenvalue weighted by atomic mass is 35.5. The molecule has 1 heterocycles. The Kier molecular flexibility index (Phi) is 6.80. The average molecular weight is 450 g/mol. The molecule has 0 spiro atoms. The lowest BCUT2D eigenvalue weighted by Gasteiger charge is -2.27. The number of benzene rings is 2. The van der Waals surface area contributed by atoms with Crippen molar-refractivity contribution in [2.24, 2.45) is 0 Å². The predicted molar refractivity (Wildman–Crippen MR) is 115 cm³/mol. The third-order valence-corrected chi connectivity index (χ3v) is 7.05. The number of halogens is 1. The van der Waals surface area contributed by atoms with Gasteiger partial charge in [0.1, 0.15) is 10.6 Å². The summed E-state index contributed by atoms with van der Waals surface area (Å²) in [6.45, 7) is 5.65. The van der Waals surface area contributed by atoms with E-state index in [-0.39, 0.29) is 29.1 Å². The highest BCUT2D eigenvalue weighted by molar-refractivity contribution is 7.89. The van der Waals surface area contributed by atoms with Crippen LogP contribution in [0, 0.1) is 6.92 Å². The smallest absolute Gasteiger partial charge is 0.247 e. The minimum absolute atomic E-state index is 0.00350. The molecule has 3 rings (SSSR count). The molecule has 1 aromatic heterocycles. The van der Waals surface area contributed by atoms with Gasteiger partial charge >= 0.3 is 0 Å². The molecule has 3 aromatic rings. The quantitative estimate of drug-likeness (QED) is 0.495. The van der Waals surface area contributed by atoms with E-state index in [1.807, 2.05) is 45.0 Å². The van der Waals surface area contributed by atoms with Gasteiger partial charge in [0, 0.05) is 16.6 Å². The summed E-state index contributed by atoms with van der Waals surface area (Å²) in [5, 5.41) is 4.32. The molecule has 0 bridgehead atoms. The van der Waals surface area contributed by atoms with Crippen molar-refractivity contribution < 1.29 is 17.7 Å². The lowest BCUT2D eigenvalue weighted by Crippen LogP contribution is -2.38. The monoisotopic (exact) mass is 449 g/mol. The standard InChI is InChI=1S/C21H24ClN3O4S/c1-5-15(3)25(30(26,27)19-12-17(22)9-10-18(19)28-4)13-20-23-21(24-29-20)16-8-6-7-14(2)11-16/h6-12,15H,5,13H2,1-4H3/t15-/m0/s1. The number of nitrogens with zero attached hydrogens (tertiary/aromatic N) is 3. The Morgan fingerprint density at radius 2 is 2.00 bits per heavy atom. The highest BCUT2D eigenvalue weighted by Crippen LogP contribution is 2.32. The van der Waals surface area contributed by atoms with E-state index in [0.29, 0.717) is 17.3 Å². The number of hydrogen-bond acceptors (Lipinski definition) is 6. The van der Waals surface area contributed by atoms with Gasteiger partial charge in [-0.25, -0.2) is 8.42 Å². The molecule has 2 aromatic carbocycles. The van der Waals surface area contributed by atoms with Crippen LogP contribution in [-0.4, -0.2) is 36.0 Å². The van der Waals surface area contributed by atoms with E-state index >= 15 is 0 Å². The molecule has 0 N–H and O–H groups in total. The van der Waals surface area contributed by atoms with Gasteiger partial charge in [0.15, 0.2) is 0 Å². The number of sulfonamides is 1. The number of hydrogen-bond donors (Lipinski definition) is 0. The number of methoxy groups -OCH3 is 1. The van der Waals surface area contributed by atoms with E-state index < -0.39 is 10.0 Å². The molecular weight excluding hydrogens is 426 g/mol. The first kappa shape index (κ1) is 22.3. The van der Waals surface area contributed by atoms with Crippen LogP contribution >= 0.6 is 11.6 Å². The number of aromatic nitrogens is 2. The Hall–Kier alpha value is -2.42. The lowest BCUT2D eigenvalue weighted by molar-refractivity contribution is 0.271. The van der Waals surface area contributed by atoms with Crippen molar-refractivity contribution in [3.63, 3.8) is 0 Å². The first-order valence-corrected chi connectivity index (χ1v) is 11.3. The van der Waals surface area contributed by atoms with Crippen LogP contribution in [0.15, 0.2) is 51.9 Å². The van der Waals surface area contributed by atoms with Crippen molar-refractivity contribution in [3.05, 3.63) is 58.9 Å². The van der Waals surface area contributed by atoms with Crippen molar-refractivity contribution in [2.45, 2.75) is 44.7 Å². The Bertz CT molecular complexity index is 1130. The molecule has 0 radical (unpaired) electrons. The summed E-state index contributed by atoms with van der Waals surface area (Å²) in [5.74, 6) is 0.839. The van der Waals surface area contributed by atoms with Gasteiger partial charge in [-0.05, 0) is 44.5 Å². The summed E-state index contributed by atoms with van der Waals surface area (Å²) >= 11 is 6.06. The van der Waals surface area contributed by atoms with Crippen LogP contribution in [0.1, 0.15) is 31.7 Å². The number of aryl methyl sites for hydroxylation is 1. The molecule has 0 saturated carbocycles. The van der Waals surface area contributed by atoms with E-state index in [2.05, 4.69) is 10.1 Å². The van der Waals surface area contributed by atoms with Crippen LogP contribution in [-0.2, 0) is 16.6 Å². The molecule has 0 aliphatic heterocycles. The van der Waals surface area contributed by atoms with Gasteiger partial charge in [0.2, 0.25) is 21.7 Å². The summed E-state index contributed by atoms with van der Waals surface area (Å²) in [4.78, 5) is 4.40. The van der Waals surface area contributed by atoms with Crippen LogP contribution in [0.5, 0.6) is 5.75 Å². The molecule has 0 unspecified atom stereocenters. The van der Waals surface area contributed by atoms with Crippen LogP contribution in [0.4, 0.5) is 0 Å². The Labute approximate surface area is 181 Å². The minimum atomic E-state index is -3.94. The molecule has 0 aliphatic rings. The fourth-order valence-electron chi connectivity index (χ4n) is 3.01. The largest absolute Gasteiger partial charge is 0.495 e. The second-order valence-electron chi connectivity index (χ2n) is 6.98. The minimum Gasteiger partial charge on any atom is -0.495 e. The number of rotatable bonds is 8. The van der Waals surface area contributed by atoms with E-state index in [0.717, 1.165) is 11.1 Å². The Morgan fingerprint density at radius 1 is 1.23 bits per heavy atom. The lowest BCUT2D eigenvalue weighted by atomic mass is 10.1. The Balaban J connectivity index is 1.97. The maximum Gasteiger partial charge on any atom is 0.247 e. The van der Waals surface area contributed by atoms with Gasteiger partial charge < -0.3 is 9.26 Å². The van der Waals surface area contributed by atoms with Gasteiger partial charge in [0.25, 0.3) is 0 Å². The average Bonchev–Trinajstić information content (AvgIpc) is 3.20. The van der Waals surface area contributed by atoms with Crippen molar-refractivity contribution in [1.82, 2.24) is 14.4 Å². The zero-order valence-electron chi connectivity index (χ0n) is 17.3. The van der Waals surface area contributed by atoms with Crippen molar-refractivity contribution in [2.75, 3.05) is 7.11 Å². The molecule has 1 atom stereocenters. The molecule has 30 heavy (non-hydrogen) atoms. The van der Waals surface area contributed by atoms with Gasteiger partial charge in [-0.15, -0.1) is 0 Å². The van der Waals surface area contributed by atoms with E-state index in [1.165, 1.54) is 23.5 Å². The molecule has 0 saturated heterocycles. The molecule has 0 amide bonds. The van der Waals surface area contributed by atoms with Crippen molar-refractivity contribution in [3.8, 4) is 17.1 Å². The van der Waals surface area contributed by atoms with E-state index in [9.17, 15) is 8.42 Å². The van der Waals surface area contributed by atoms with Crippen molar-refractivity contribution >= 4 is 21.6 Å². The second kappa shape index (κ2) is 9.16. The second-order valence-corrected chi connectivity index (χ2v) is 9.28. The van der Waals surface area contributed by atoms with Gasteiger partial charge in [-0.2, -0.15) is 9.29 Å². The SMILES string of the molecule is CC[C@H](C)N(Cc1nc(-c2cccc(C)c2)no1)S(=O)(=O)c1cc(Cl)ccc1OC. The summed E-state index contributed by atoms with van der Waals surface area (Å²) in [5.41, 5.74) is 1.87. The van der Waals surface area contributed by atoms with Gasteiger partial charge in [0.05, 0.1) is 13.7 Å². The van der Waals surface area contributed by atoms with Crippen LogP contribution < -0.4 is 4.74 Å². The summed E-state index contributed by atoms with van der Waals surface area (Å²) in [6.07, 6.45) is 0.598. The zero-order valence-corrected chi connectivity index (χ0v) is 18.9. The molecule has 7 nitrogen and oxygen atoms in total. The van der Waals surface area contributed by atoms with Crippen molar-refractivity contribution in [1.29, 1.82) is 0 Å². The normalized spacial score (nSPS) is 12.9. The van der Waals surface area contributed by atoms with Crippen LogP contribution in [0.3, 0.4) is 0 Å². The summed E-state index contributed by atoms with van der Waals surface area (Å²) < 4.78 is 38.9. The third kappa shape index (κ3) is 4.66. The molecule has 0 fully saturated rings. The Morgan fingerprint density at radius 3 is 2.67 bits per heavy atom. The predicted octanol–water partition coefficient (Wildman–Crippen LogP) is 4.70. The summed E-state index contributed by atoms with van der Waals surface area (Å²) in [6, 6.07) is 11.9. The number of ether oxygens (including phenoxy) is 1. The third-order valence-electron chi connectivity index (χ3n) is 4.83.